The van der Waals surface area contributed by atoms with E-state index in [1.165, 1.54) is 18.2 Å². The summed E-state index contributed by atoms with van der Waals surface area (Å²) in [6, 6.07) is 3.79. The van der Waals surface area contributed by atoms with E-state index in [0.717, 1.165) is 0 Å². The predicted octanol–water partition coefficient (Wildman–Crippen LogP) is 3.33. The van der Waals surface area contributed by atoms with Crippen LogP contribution in [0.4, 0.5) is 9.18 Å². The average molecular weight is 253 g/mol. The molecular weight excluding hydrogens is 250 g/mol. The summed E-state index contributed by atoms with van der Waals surface area (Å²) >= 11 is 7.86. The highest BCUT2D eigenvalue weighted by molar-refractivity contribution is 9.10. The number of carbonyl (C=O) groups excluding carboxylic acids is 1. The largest absolute Gasteiger partial charge is 0.414 e. The van der Waals surface area contributed by atoms with Crippen molar-refractivity contribution < 1.29 is 13.9 Å². The minimum Gasteiger partial charge on any atom is -0.414 e. The van der Waals surface area contributed by atoms with Crippen molar-refractivity contribution in [2.24, 2.45) is 0 Å². The van der Waals surface area contributed by atoms with Crippen LogP contribution in [0.5, 0.6) is 5.75 Å². The second-order valence-electron chi connectivity index (χ2n) is 1.92. The monoisotopic (exact) mass is 252 g/mol. The van der Waals surface area contributed by atoms with Gasteiger partial charge in [0.25, 0.3) is 0 Å². The Kier molecular flexibility index (Phi) is 3.05. The third-order valence-corrected chi connectivity index (χ3v) is 1.77. The number of halogens is 3. The first-order chi connectivity index (χ1) is 5.59. The molecule has 0 bridgehead atoms. The molecule has 0 aliphatic heterocycles. The lowest BCUT2D eigenvalue weighted by atomic mass is 10.3. The van der Waals surface area contributed by atoms with Gasteiger partial charge in [0.15, 0.2) is 0 Å². The van der Waals surface area contributed by atoms with Crippen LogP contribution in [0.3, 0.4) is 0 Å². The van der Waals surface area contributed by atoms with Gasteiger partial charge in [-0.3, -0.25) is 0 Å². The molecule has 1 rings (SSSR count). The number of carbonyl (C=O) groups is 1. The van der Waals surface area contributed by atoms with Crippen LogP contribution in [0.25, 0.3) is 0 Å². The molecule has 0 amide bonds. The molecule has 0 fully saturated rings. The first kappa shape index (κ1) is 9.48. The lowest BCUT2D eigenvalue weighted by Crippen LogP contribution is -1.95. The van der Waals surface area contributed by atoms with Crippen molar-refractivity contribution in [1.82, 2.24) is 0 Å². The van der Waals surface area contributed by atoms with Crippen LogP contribution in [-0.4, -0.2) is 5.43 Å². The van der Waals surface area contributed by atoms with E-state index in [1.807, 2.05) is 0 Å². The fourth-order valence-corrected chi connectivity index (χ4v) is 1.08. The standard InChI is InChI=1S/C7H3BrClFO2/c8-5-3-4(12-7(9)11)1-2-6(5)10/h1-3H. The molecule has 1 aromatic rings. The average Bonchev–Trinajstić information content (AvgIpc) is 1.96. The van der Waals surface area contributed by atoms with Gasteiger partial charge in [0.1, 0.15) is 11.6 Å². The minimum atomic E-state index is -0.950. The molecule has 1 aromatic carbocycles. The summed E-state index contributed by atoms with van der Waals surface area (Å²) in [7, 11) is 0. The van der Waals surface area contributed by atoms with Gasteiger partial charge >= 0.3 is 5.43 Å². The zero-order valence-corrected chi connectivity index (χ0v) is 8.02. The van der Waals surface area contributed by atoms with Crippen LogP contribution in [0.1, 0.15) is 0 Å². The predicted molar refractivity (Wildman–Crippen MR) is 46.0 cm³/mol. The Hall–Kier alpha value is -0.610. The van der Waals surface area contributed by atoms with Gasteiger partial charge in [0.05, 0.1) is 4.47 Å². The van der Waals surface area contributed by atoms with Gasteiger partial charge in [-0.1, -0.05) is 0 Å². The number of ether oxygens (including phenoxy) is 1. The highest BCUT2D eigenvalue weighted by Gasteiger charge is 2.03. The Bertz CT molecular complexity index is 316. The lowest BCUT2D eigenvalue weighted by Gasteiger charge is -1.99. The van der Waals surface area contributed by atoms with Gasteiger partial charge in [-0.2, -0.15) is 0 Å². The first-order valence-corrected chi connectivity index (χ1v) is 4.09. The van der Waals surface area contributed by atoms with E-state index in [9.17, 15) is 9.18 Å². The van der Waals surface area contributed by atoms with Gasteiger partial charge in [0.2, 0.25) is 0 Å². The summed E-state index contributed by atoms with van der Waals surface area (Å²) in [5.74, 6) is -0.229. The zero-order chi connectivity index (χ0) is 9.14. The summed E-state index contributed by atoms with van der Waals surface area (Å²) in [6.07, 6.45) is 0. The smallest absolute Gasteiger partial charge is 0.409 e. The third-order valence-electron chi connectivity index (χ3n) is 1.09. The van der Waals surface area contributed by atoms with E-state index < -0.39 is 11.2 Å². The van der Waals surface area contributed by atoms with Crippen molar-refractivity contribution in [1.29, 1.82) is 0 Å². The van der Waals surface area contributed by atoms with Crippen molar-refractivity contribution in [2.75, 3.05) is 0 Å². The van der Waals surface area contributed by atoms with E-state index in [1.54, 1.807) is 0 Å². The molecule has 0 aliphatic carbocycles. The van der Waals surface area contributed by atoms with Crippen molar-refractivity contribution in [3.63, 3.8) is 0 Å². The third kappa shape index (κ3) is 2.46. The molecule has 0 radical (unpaired) electrons. The lowest BCUT2D eigenvalue weighted by molar-refractivity contribution is 0.225. The molecule has 64 valence electrons. The summed E-state index contributed by atoms with van der Waals surface area (Å²) in [5, 5.41) is 0. The van der Waals surface area contributed by atoms with Crippen LogP contribution in [-0.2, 0) is 0 Å². The molecule has 0 saturated carbocycles. The topological polar surface area (TPSA) is 26.3 Å². The number of hydrogen-bond donors (Lipinski definition) is 0. The highest BCUT2D eigenvalue weighted by Crippen LogP contribution is 2.21. The summed E-state index contributed by atoms with van der Waals surface area (Å²) in [6.45, 7) is 0. The molecule has 0 atom stereocenters. The fourth-order valence-electron chi connectivity index (χ4n) is 0.633. The second-order valence-corrected chi connectivity index (χ2v) is 3.08. The SMILES string of the molecule is O=C(Cl)Oc1ccc(F)c(Br)c1. The molecule has 12 heavy (non-hydrogen) atoms. The van der Waals surface area contributed by atoms with Crippen LogP contribution in [0.15, 0.2) is 22.7 Å². The Morgan fingerprint density at radius 2 is 2.25 bits per heavy atom. The maximum atomic E-state index is 12.6. The van der Waals surface area contributed by atoms with Crippen molar-refractivity contribution in [2.45, 2.75) is 0 Å². The molecular formula is C7H3BrClFO2. The van der Waals surface area contributed by atoms with Crippen LogP contribution < -0.4 is 4.74 Å². The molecule has 0 aromatic heterocycles. The van der Waals surface area contributed by atoms with Crippen LogP contribution in [0.2, 0.25) is 0 Å². The van der Waals surface area contributed by atoms with Gasteiger partial charge in [-0.15, -0.1) is 0 Å². The second kappa shape index (κ2) is 3.87. The van der Waals surface area contributed by atoms with E-state index in [2.05, 4.69) is 20.7 Å². The van der Waals surface area contributed by atoms with E-state index in [0.29, 0.717) is 0 Å². The molecule has 0 spiro atoms. The van der Waals surface area contributed by atoms with Crippen molar-refractivity contribution in [3.05, 3.63) is 28.5 Å². The van der Waals surface area contributed by atoms with Crippen molar-refractivity contribution >= 4 is 33.0 Å². The van der Waals surface area contributed by atoms with Crippen LogP contribution in [0, 0.1) is 5.82 Å². The summed E-state index contributed by atoms with van der Waals surface area (Å²) in [4.78, 5) is 10.2. The molecule has 0 unspecified atom stereocenters. The molecule has 0 saturated heterocycles. The summed E-state index contributed by atoms with van der Waals surface area (Å²) < 4.78 is 17.3. The van der Waals surface area contributed by atoms with Gasteiger partial charge < -0.3 is 4.74 Å². The van der Waals surface area contributed by atoms with E-state index >= 15 is 0 Å². The quantitative estimate of drug-likeness (QED) is 0.718. The molecule has 5 heteroatoms. The highest BCUT2D eigenvalue weighted by atomic mass is 79.9. The van der Waals surface area contributed by atoms with E-state index in [-0.39, 0.29) is 10.2 Å². The van der Waals surface area contributed by atoms with Gasteiger partial charge in [-0.25, -0.2) is 9.18 Å². The molecule has 0 aliphatic rings. The number of rotatable bonds is 1. The molecule has 2 nitrogen and oxygen atoms in total. The normalized spacial score (nSPS) is 9.58. The molecule has 0 N–H and O–H groups in total. The van der Waals surface area contributed by atoms with Crippen LogP contribution >= 0.6 is 27.5 Å². The number of benzene rings is 1. The zero-order valence-electron chi connectivity index (χ0n) is 5.68. The maximum absolute atomic E-state index is 12.6. The Morgan fingerprint density at radius 1 is 1.58 bits per heavy atom. The maximum Gasteiger partial charge on any atom is 0.409 e. The summed E-state index contributed by atoms with van der Waals surface area (Å²) in [5.41, 5.74) is -0.950. The van der Waals surface area contributed by atoms with Crippen molar-refractivity contribution in [3.8, 4) is 5.75 Å². The van der Waals surface area contributed by atoms with E-state index in [4.69, 9.17) is 11.6 Å². The first-order valence-electron chi connectivity index (χ1n) is 2.92. The fraction of sp³-hybridized carbons (Fsp3) is 0. The number of hydrogen-bond acceptors (Lipinski definition) is 2. The Labute approximate surface area is 81.4 Å². The molecule has 0 heterocycles. The Balaban J connectivity index is 2.89. The van der Waals surface area contributed by atoms with Gasteiger partial charge in [-0.05, 0) is 34.1 Å². The minimum absolute atomic E-state index is 0.197. The Morgan fingerprint density at radius 3 is 2.75 bits per heavy atom. The van der Waals surface area contributed by atoms with Gasteiger partial charge in [0, 0.05) is 11.6 Å².